The van der Waals surface area contributed by atoms with Crippen molar-refractivity contribution in [3.8, 4) is 0 Å². The Hall–Kier alpha value is -0.600. The van der Waals surface area contributed by atoms with Crippen molar-refractivity contribution in [2.45, 2.75) is 38.0 Å². The smallest absolute Gasteiger partial charge is 0.144 e. The lowest BCUT2D eigenvalue weighted by molar-refractivity contribution is 0.451. The van der Waals surface area contributed by atoms with Crippen LogP contribution in [-0.2, 0) is 5.41 Å². The fraction of sp³-hybridized carbons (Fsp3) is 0.538. The van der Waals surface area contributed by atoms with Crippen molar-refractivity contribution in [1.82, 2.24) is 0 Å². The summed E-state index contributed by atoms with van der Waals surface area (Å²) in [5.74, 6) is -0.310. The molecule has 0 spiro atoms. The molecular formula is C13H17ClFN. The number of hydrogen-bond acceptors (Lipinski definition) is 1. The lowest BCUT2D eigenvalue weighted by atomic mass is 9.78. The number of hydrogen-bond donors (Lipinski definition) is 1. The minimum Gasteiger partial charge on any atom is -0.330 e. The number of rotatable bonds is 2. The van der Waals surface area contributed by atoms with Crippen LogP contribution in [0.15, 0.2) is 12.1 Å². The van der Waals surface area contributed by atoms with Gasteiger partial charge in [0.15, 0.2) is 0 Å². The Morgan fingerprint density at radius 2 is 2.00 bits per heavy atom. The van der Waals surface area contributed by atoms with Crippen molar-refractivity contribution in [1.29, 1.82) is 0 Å². The summed E-state index contributed by atoms with van der Waals surface area (Å²) in [6.07, 6.45) is 4.58. The van der Waals surface area contributed by atoms with Gasteiger partial charge in [-0.3, -0.25) is 0 Å². The van der Waals surface area contributed by atoms with Crippen LogP contribution in [0.2, 0.25) is 5.02 Å². The van der Waals surface area contributed by atoms with E-state index in [9.17, 15) is 4.39 Å². The zero-order valence-corrected chi connectivity index (χ0v) is 10.3. The van der Waals surface area contributed by atoms with Crippen molar-refractivity contribution in [3.05, 3.63) is 34.1 Å². The molecule has 2 N–H and O–H groups in total. The van der Waals surface area contributed by atoms with Crippen molar-refractivity contribution in [3.63, 3.8) is 0 Å². The molecule has 0 aliphatic heterocycles. The third kappa shape index (κ3) is 1.85. The first-order valence-corrected chi connectivity index (χ1v) is 6.13. The van der Waals surface area contributed by atoms with Crippen LogP contribution >= 0.6 is 11.6 Å². The first-order valence-electron chi connectivity index (χ1n) is 5.75. The number of benzene rings is 1. The molecule has 1 aliphatic rings. The Bertz CT molecular complexity index is 374. The van der Waals surface area contributed by atoms with E-state index in [1.54, 1.807) is 13.0 Å². The zero-order chi connectivity index (χ0) is 11.8. The third-order valence-electron chi connectivity index (χ3n) is 3.77. The molecule has 3 heteroatoms. The van der Waals surface area contributed by atoms with Crippen LogP contribution in [0.3, 0.4) is 0 Å². The van der Waals surface area contributed by atoms with E-state index in [-0.39, 0.29) is 16.3 Å². The first kappa shape index (κ1) is 11.9. The number of aryl methyl sites for hydroxylation is 1. The molecule has 0 saturated heterocycles. The molecule has 0 unspecified atom stereocenters. The van der Waals surface area contributed by atoms with Crippen LogP contribution in [0.5, 0.6) is 0 Å². The van der Waals surface area contributed by atoms with Gasteiger partial charge in [-0.05, 0) is 37.0 Å². The summed E-state index contributed by atoms with van der Waals surface area (Å²) >= 11 is 5.90. The van der Waals surface area contributed by atoms with Gasteiger partial charge in [0.1, 0.15) is 5.82 Å². The summed E-state index contributed by atoms with van der Waals surface area (Å²) in [7, 11) is 0. The standard InChI is InChI=1S/C13H17ClFN/c1-9-6-10(7-11(14)12(9)15)13(8-16)4-2-3-5-13/h6-7H,2-5,8,16H2,1H3. The average Bonchev–Trinajstić information content (AvgIpc) is 2.75. The van der Waals surface area contributed by atoms with Gasteiger partial charge >= 0.3 is 0 Å². The molecule has 88 valence electrons. The van der Waals surface area contributed by atoms with E-state index in [1.807, 2.05) is 6.07 Å². The van der Waals surface area contributed by atoms with Crippen LogP contribution in [-0.4, -0.2) is 6.54 Å². The molecule has 1 aromatic rings. The fourth-order valence-corrected chi connectivity index (χ4v) is 2.96. The number of halogens is 2. The van der Waals surface area contributed by atoms with Crippen molar-refractivity contribution < 1.29 is 4.39 Å². The van der Waals surface area contributed by atoms with Gasteiger partial charge in [-0.25, -0.2) is 4.39 Å². The predicted octanol–water partition coefficient (Wildman–Crippen LogP) is 3.56. The van der Waals surface area contributed by atoms with Crippen LogP contribution in [0.4, 0.5) is 4.39 Å². The van der Waals surface area contributed by atoms with Crippen molar-refractivity contribution >= 4 is 11.6 Å². The maximum absolute atomic E-state index is 13.5. The van der Waals surface area contributed by atoms with Gasteiger partial charge in [0.25, 0.3) is 0 Å². The Balaban J connectivity index is 2.47. The Morgan fingerprint density at radius 1 is 1.38 bits per heavy atom. The van der Waals surface area contributed by atoms with Gasteiger partial charge in [-0.1, -0.05) is 30.5 Å². The lowest BCUT2D eigenvalue weighted by Crippen LogP contribution is -2.32. The highest BCUT2D eigenvalue weighted by molar-refractivity contribution is 6.30. The van der Waals surface area contributed by atoms with Crippen LogP contribution in [0.25, 0.3) is 0 Å². The molecule has 0 heterocycles. The van der Waals surface area contributed by atoms with E-state index in [1.165, 1.54) is 12.8 Å². The molecule has 1 fully saturated rings. The van der Waals surface area contributed by atoms with Gasteiger partial charge < -0.3 is 5.73 Å². The van der Waals surface area contributed by atoms with Crippen LogP contribution in [0.1, 0.15) is 36.8 Å². The second kappa shape index (κ2) is 4.34. The molecule has 1 saturated carbocycles. The Labute approximate surface area is 101 Å². The molecular weight excluding hydrogens is 225 g/mol. The molecule has 0 aromatic heterocycles. The summed E-state index contributed by atoms with van der Waals surface area (Å²) in [6, 6.07) is 3.65. The molecule has 16 heavy (non-hydrogen) atoms. The van der Waals surface area contributed by atoms with Gasteiger partial charge in [-0.15, -0.1) is 0 Å². The molecule has 2 rings (SSSR count). The van der Waals surface area contributed by atoms with E-state index in [2.05, 4.69) is 0 Å². The maximum Gasteiger partial charge on any atom is 0.144 e. The summed E-state index contributed by atoms with van der Waals surface area (Å²) in [4.78, 5) is 0. The maximum atomic E-state index is 13.5. The van der Waals surface area contributed by atoms with E-state index in [0.29, 0.717) is 12.1 Å². The summed E-state index contributed by atoms with van der Waals surface area (Å²) in [6.45, 7) is 2.37. The SMILES string of the molecule is Cc1cc(C2(CN)CCCC2)cc(Cl)c1F. The summed E-state index contributed by atoms with van der Waals surface area (Å²) in [5.41, 5.74) is 7.65. The zero-order valence-electron chi connectivity index (χ0n) is 9.52. The fourth-order valence-electron chi connectivity index (χ4n) is 2.70. The lowest BCUT2D eigenvalue weighted by Gasteiger charge is -2.28. The second-order valence-electron chi connectivity index (χ2n) is 4.78. The van der Waals surface area contributed by atoms with E-state index >= 15 is 0 Å². The van der Waals surface area contributed by atoms with Crippen molar-refractivity contribution in [2.75, 3.05) is 6.54 Å². The monoisotopic (exact) mass is 241 g/mol. The van der Waals surface area contributed by atoms with E-state index < -0.39 is 0 Å². The van der Waals surface area contributed by atoms with Crippen LogP contribution in [0, 0.1) is 12.7 Å². The highest BCUT2D eigenvalue weighted by Gasteiger charge is 2.34. The molecule has 1 aromatic carbocycles. The molecule has 0 amide bonds. The second-order valence-corrected chi connectivity index (χ2v) is 5.19. The van der Waals surface area contributed by atoms with E-state index in [0.717, 1.165) is 18.4 Å². The highest BCUT2D eigenvalue weighted by Crippen LogP contribution is 2.41. The quantitative estimate of drug-likeness (QED) is 0.842. The Kier molecular flexibility index (Phi) is 3.22. The minimum atomic E-state index is -0.310. The Morgan fingerprint density at radius 3 is 2.50 bits per heavy atom. The minimum absolute atomic E-state index is 0.0299. The van der Waals surface area contributed by atoms with Gasteiger partial charge in [0.05, 0.1) is 5.02 Å². The average molecular weight is 242 g/mol. The number of nitrogens with two attached hydrogens (primary N) is 1. The van der Waals surface area contributed by atoms with Gasteiger partial charge in [-0.2, -0.15) is 0 Å². The van der Waals surface area contributed by atoms with E-state index in [4.69, 9.17) is 17.3 Å². The molecule has 1 nitrogen and oxygen atoms in total. The molecule has 0 radical (unpaired) electrons. The van der Waals surface area contributed by atoms with Crippen molar-refractivity contribution in [2.24, 2.45) is 5.73 Å². The topological polar surface area (TPSA) is 26.0 Å². The first-order chi connectivity index (χ1) is 7.59. The summed E-state index contributed by atoms with van der Waals surface area (Å²) in [5, 5.41) is 0.217. The largest absolute Gasteiger partial charge is 0.330 e. The third-order valence-corrected chi connectivity index (χ3v) is 4.05. The molecule has 1 aliphatic carbocycles. The normalized spacial score (nSPS) is 19.0. The highest BCUT2D eigenvalue weighted by atomic mass is 35.5. The van der Waals surface area contributed by atoms with Gasteiger partial charge in [0.2, 0.25) is 0 Å². The van der Waals surface area contributed by atoms with Crippen LogP contribution < -0.4 is 5.73 Å². The molecule has 0 bridgehead atoms. The summed E-state index contributed by atoms with van der Waals surface area (Å²) < 4.78 is 13.5. The van der Waals surface area contributed by atoms with Gasteiger partial charge in [0, 0.05) is 12.0 Å². The predicted molar refractivity (Wildman–Crippen MR) is 65.3 cm³/mol. The molecule has 0 atom stereocenters.